The third kappa shape index (κ3) is 3.56. The SMILES string of the molecule is Cc1c(C(C)(C)C)sc(=NC(=O)c2cccc([N+](=O)[O-])c2)n1C. The average molecular weight is 333 g/mol. The molecule has 1 amide bonds. The fourth-order valence-corrected chi connectivity index (χ4v) is 3.40. The molecular formula is C16H19N3O3S. The van der Waals surface area contributed by atoms with Crippen molar-refractivity contribution in [3.8, 4) is 0 Å². The maximum atomic E-state index is 12.3. The number of carbonyl (C=O) groups is 1. The van der Waals surface area contributed by atoms with E-state index in [1.54, 1.807) is 0 Å². The largest absolute Gasteiger partial charge is 0.324 e. The molecule has 0 saturated heterocycles. The second kappa shape index (κ2) is 6.08. The van der Waals surface area contributed by atoms with E-state index in [1.165, 1.54) is 35.6 Å². The van der Waals surface area contributed by atoms with Gasteiger partial charge in [-0.05, 0) is 18.4 Å². The second-order valence-electron chi connectivity index (χ2n) is 6.33. The number of nitro benzene ring substituents is 1. The molecule has 1 aromatic carbocycles. The summed E-state index contributed by atoms with van der Waals surface area (Å²) in [6.07, 6.45) is 0. The molecule has 0 aliphatic heterocycles. The van der Waals surface area contributed by atoms with Crippen LogP contribution in [-0.2, 0) is 12.5 Å². The summed E-state index contributed by atoms with van der Waals surface area (Å²) in [6, 6.07) is 5.62. The average Bonchev–Trinajstić information content (AvgIpc) is 2.75. The highest BCUT2D eigenvalue weighted by Gasteiger charge is 2.21. The number of benzene rings is 1. The predicted molar refractivity (Wildman–Crippen MR) is 89.7 cm³/mol. The minimum atomic E-state index is -0.524. The quantitative estimate of drug-likeness (QED) is 0.624. The van der Waals surface area contributed by atoms with E-state index in [0.717, 1.165) is 10.6 Å². The lowest BCUT2D eigenvalue weighted by atomic mass is 9.93. The number of hydrogen-bond acceptors (Lipinski definition) is 4. The first-order valence-corrected chi connectivity index (χ1v) is 7.93. The number of aromatic nitrogens is 1. The molecule has 0 fully saturated rings. The van der Waals surface area contributed by atoms with Crippen LogP contribution in [0.1, 0.15) is 41.7 Å². The summed E-state index contributed by atoms with van der Waals surface area (Å²) in [5, 5.41) is 10.8. The van der Waals surface area contributed by atoms with Gasteiger partial charge in [0.2, 0.25) is 0 Å². The van der Waals surface area contributed by atoms with E-state index in [1.807, 2.05) is 18.5 Å². The number of nitro groups is 1. The predicted octanol–water partition coefficient (Wildman–Crippen LogP) is 3.34. The molecule has 0 aliphatic carbocycles. The Bertz CT molecular complexity index is 841. The minimum Gasteiger partial charge on any atom is -0.324 e. The van der Waals surface area contributed by atoms with Crippen molar-refractivity contribution in [2.24, 2.45) is 12.0 Å². The van der Waals surface area contributed by atoms with Gasteiger partial charge in [0.05, 0.1) is 4.92 Å². The van der Waals surface area contributed by atoms with Gasteiger partial charge in [0.15, 0.2) is 4.80 Å². The van der Waals surface area contributed by atoms with Crippen molar-refractivity contribution in [3.05, 3.63) is 55.3 Å². The van der Waals surface area contributed by atoms with Gasteiger partial charge < -0.3 is 4.57 Å². The molecule has 0 unspecified atom stereocenters. The van der Waals surface area contributed by atoms with E-state index in [-0.39, 0.29) is 16.7 Å². The Morgan fingerprint density at radius 1 is 1.35 bits per heavy atom. The number of amides is 1. The maximum Gasteiger partial charge on any atom is 0.279 e. The third-order valence-corrected chi connectivity index (χ3v) is 5.15. The van der Waals surface area contributed by atoms with Gasteiger partial charge in [-0.3, -0.25) is 14.9 Å². The topological polar surface area (TPSA) is 77.5 Å². The second-order valence-corrected chi connectivity index (χ2v) is 7.31. The Morgan fingerprint density at radius 2 is 2.00 bits per heavy atom. The van der Waals surface area contributed by atoms with E-state index in [9.17, 15) is 14.9 Å². The first kappa shape index (κ1) is 17.1. The third-order valence-electron chi connectivity index (χ3n) is 3.49. The Hall–Kier alpha value is -2.28. The molecule has 23 heavy (non-hydrogen) atoms. The number of thiazole rings is 1. The lowest BCUT2D eigenvalue weighted by molar-refractivity contribution is -0.384. The van der Waals surface area contributed by atoms with Crippen molar-refractivity contribution < 1.29 is 9.72 Å². The van der Waals surface area contributed by atoms with Gasteiger partial charge in [-0.25, -0.2) is 0 Å². The fraction of sp³-hybridized carbons (Fsp3) is 0.375. The zero-order chi connectivity index (χ0) is 17.4. The van der Waals surface area contributed by atoms with Gasteiger partial charge >= 0.3 is 0 Å². The van der Waals surface area contributed by atoms with Crippen LogP contribution in [0.4, 0.5) is 5.69 Å². The Balaban J connectivity index is 2.49. The van der Waals surface area contributed by atoms with Crippen LogP contribution in [0.15, 0.2) is 29.3 Å². The fourth-order valence-electron chi connectivity index (χ4n) is 2.23. The van der Waals surface area contributed by atoms with Crippen LogP contribution in [0.2, 0.25) is 0 Å². The molecule has 0 atom stereocenters. The molecule has 1 heterocycles. The molecule has 0 radical (unpaired) electrons. The van der Waals surface area contributed by atoms with E-state index < -0.39 is 10.8 Å². The van der Waals surface area contributed by atoms with E-state index in [4.69, 9.17) is 0 Å². The molecule has 2 rings (SSSR count). The molecule has 122 valence electrons. The normalized spacial score (nSPS) is 12.5. The molecule has 0 bridgehead atoms. The Labute approximate surface area is 138 Å². The van der Waals surface area contributed by atoms with E-state index >= 15 is 0 Å². The van der Waals surface area contributed by atoms with Crippen molar-refractivity contribution >= 4 is 22.9 Å². The van der Waals surface area contributed by atoms with Gasteiger partial charge in [-0.15, -0.1) is 11.3 Å². The van der Waals surface area contributed by atoms with Crippen molar-refractivity contribution in [1.29, 1.82) is 0 Å². The van der Waals surface area contributed by atoms with Crippen LogP contribution in [0, 0.1) is 17.0 Å². The molecule has 1 aromatic heterocycles. The van der Waals surface area contributed by atoms with Crippen molar-refractivity contribution in [3.63, 3.8) is 0 Å². The molecule has 6 nitrogen and oxygen atoms in total. The molecule has 0 aliphatic rings. The van der Waals surface area contributed by atoms with E-state index in [0.29, 0.717) is 4.80 Å². The zero-order valence-corrected chi connectivity index (χ0v) is 14.6. The summed E-state index contributed by atoms with van der Waals surface area (Å²) in [5.41, 5.74) is 1.12. The number of non-ortho nitro benzene ring substituents is 1. The number of rotatable bonds is 2. The minimum absolute atomic E-state index is 0.0329. The van der Waals surface area contributed by atoms with Crippen molar-refractivity contribution in [1.82, 2.24) is 4.57 Å². The smallest absolute Gasteiger partial charge is 0.279 e. The molecule has 0 N–H and O–H groups in total. The molecule has 0 saturated carbocycles. The van der Waals surface area contributed by atoms with E-state index in [2.05, 4.69) is 25.8 Å². The monoisotopic (exact) mass is 333 g/mol. The lowest BCUT2D eigenvalue weighted by Crippen LogP contribution is -2.15. The summed E-state index contributed by atoms with van der Waals surface area (Å²) in [7, 11) is 1.86. The van der Waals surface area contributed by atoms with Crippen LogP contribution < -0.4 is 4.80 Å². The highest BCUT2D eigenvalue weighted by molar-refractivity contribution is 7.09. The van der Waals surface area contributed by atoms with Crippen LogP contribution in [0.3, 0.4) is 0 Å². The van der Waals surface area contributed by atoms with Gasteiger partial charge in [0.1, 0.15) is 0 Å². The highest BCUT2D eigenvalue weighted by Crippen LogP contribution is 2.27. The molecule has 7 heteroatoms. The number of carbonyl (C=O) groups excluding carboxylic acids is 1. The Kier molecular flexibility index (Phi) is 4.51. The molecule has 0 spiro atoms. The van der Waals surface area contributed by atoms with Gasteiger partial charge in [-0.1, -0.05) is 26.8 Å². The summed E-state index contributed by atoms with van der Waals surface area (Å²) < 4.78 is 1.88. The highest BCUT2D eigenvalue weighted by atomic mass is 32.1. The first-order valence-electron chi connectivity index (χ1n) is 7.11. The standard InChI is InChI=1S/C16H19N3O3S/c1-10-13(16(2,3)4)23-15(18(10)5)17-14(20)11-7-6-8-12(9-11)19(21)22/h6-9H,1-5H3. The summed E-state index contributed by atoms with van der Waals surface area (Å²) >= 11 is 1.47. The number of nitrogens with zero attached hydrogens (tertiary/aromatic N) is 3. The van der Waals surface area contributed by atoms with Crippen LogP contribution in [0.25, 0.3) is 0 Å². The maximum absolute atomic E-state index is 12.3. The first-order chi connectivity index (χ1) is 10.6. The number of hydrogen-bond donors (Lipinski definition) is 0. The van der Waals surface area contributed by atoms with Gasteiger partial charge in [0.25, 0.3) is 11.6 Å². The van der Waals surface area contributed by atoms with Crippen LogP contribution in [-0.4, -0.2) is 15.4 Å². The summed E-state index contributed by atoms with van der Waals surface area (Å²) in [4.78, 5) is 28.5. The summed E-state index contributed by atoms with van der Waals surface area (Å²) in [6.45, 7) is 8.32. The lowest BCUT2D eigenvalue weighted by Gasteiger charge is -2.17. The van der Waals surface area contributed by atoms with Gasteiger partial charge in [0, 0.05) is 35.3 Å². The zero-order valence-electron chi connectivity index (χ0n) is 13.8. The van der Waals surface area contributed by atoms with Crippen molar-refractivity contribution in [2.45, 2.75) is 33.1 Å². The summed E-state index contributed by atoms with van der Waals surface area (Å²) in [5.74, 6) is -0.481. The van der Waals surface area contributed by atoms with Gasteiger partial charge in [-0.2, -0.15) is 4.99 Å². The molecule has 2 aromatic rings. The van der Waals surface area contributed by atoms with Crippen molar-refractivity contribution in [2.75, 3.05) is 0 Å². The Morgan fingerprint density at radius 3 is 2.52 bits per heavy atom. The van der Waals surface area contributed by atoms with Crippen LogP contribution >= 0.6 is 11.3 Å². The molecular weight excluding hydrogens is 314 g/mol. The van der Waals surface area contributed by atoms with Crippen LogP contribution in [0.5, 0.6) is 0 Å².